The molecule has 36 heavy (non-hydrogen) atoms. The third-order valence-corrected chi connectivity index (χ3v) is 8.73. The van der Waals surface area contributed by atoms with Crippen LogP contribution in [0.15, 0.2) is 30.5 Å². The maximum Gasteiger partial charge on any atom is 0.417 e. The summed E-state index contributed by atoms with van der Waals surface area (Å²) in [5, 5.41) is 18.4. The number of hydrogen-bond donors (Lipinski definition) is 2. The second-order valence-electron chi connectivity index (χ2n) is 10.2. The molecule has 0 radical (unpaired) electrons. The average Bonchev–Trinajstić information content (AvgIpc) is 3.50. The van der Waals surface area contributed by atoms with Gasteiger partial charge in [0, 0.05) is 12.6 Å². The fraction of sp³-hybridized carbons (Fsp3) is 0.458. The van der Waals surface area contributed by atoms with E-state index in [1.54, 1.807) is 27.7 Å². The van der Waals surface area contributed by atoms with E-state index in [1.807, 2.05) is 0 Å². The molecule has 188 valence electrons. The van der Waals surface area contributed by atoms with Crippen molar-refractivity contribution in [2.75, 3.05) is 4.90 Å². The lowest BCUT2D eigenvalue weighted by molar-refractivity contribution is -0.140. The fourth-order valence-corrected chi connectivity index (χ4v) is 6.40. The van der Waals surface area contributed by atoms with Gasteiger partial charge in [0.25, 0.3) is 5.91 Å². The lowest BCUT2D eigenvalue weighted by Crippen LogP contribution is -2.65. The highest BCUT2D eigenvalue weighted by atomic mass is 19.4. The first-order chi connectivity index (χ1) is 16.7. The number of halogens is 3. The number of aromatic amines is 1. The minimum Gasteiger partial charge on any atom is -0.365 e. The predicted octanol–water partition coefficient (Wildman–Crippen LogP) is 2.94. The molecule has 5 rings (SSSR count). The van der Waals surface area contributed by atoms with Crippen molar-refractivity contribution in [1.82, 2.24) is 15.5 Å². The number of H-pyrrole nitrogens is 1. The normalized spacial score (nSPS) is 35.2. The van der Waals surface area contributed by atoms with Crippen molar-refractivity contribution in [2.45, 2.75) is 57.5 Å². The molecular weight excluding hydrogens is 479 g/mol. The Kier molecular flexibility index (Phi) is 4.63. The maximum absolute atomic E-state index is 14.0. The van der Waals surface area contributed by atoms with Gasteiger partial charge in [-0.05, 0) is 52.0 Å². The van der Waals surface area contributed by atoms with Crippen LogP contribution >= 0.6 is 0 Å². The van der Waals surface area contributed by atoms with Crippen LogP contribution in [0.3, 0.4) is 0 Å². The van der Waals surface area contributed by atoms with E-state index in [2.05, 4.69) is 15.5 Å². The number of nitrogens with one attached hydrogen (secondary N) is 2. The third-order valence-electron chi connectivity index (χ3n) is 8.73. The number of carbonyl (C=O) groups is 3. The van der Waals surface area contributed by atoms with Crippen molar-refractivity contribution in [1.29, 1.82) is 5.26 Å². The Hall–Kier alpha value is -3.72. The van der Waals surface area contributed by atoms with Crippen LogP contribution in [0.25, 0.3) is 0 Å². The number of benzene rings is 1. The van der Waals surface area contributed by atoms with E-state index in [0.717, 1.165) is 17.0 Å². The molecule has 3 aliphatic heterocycles. The molecule has 9 nitrogen and oxygen atoms in total. The van der Waals surface area contributed by atoms with Gasteiger partial charge in [-0.15, -0.1) is 0 Å². The highest BCUT2D eigenvalue weighted by Crippen LogP contribution is 2.73. The quantitative estimate of drug-likeness (QED) is 0.623. The first kappa shape index (κ1) is 24.0. The van der Waals surface area contributed by atoms with Gasteiger partial charge in [0.2, 0.25) is 11.8 Å². The molecule has 0 unspecified atom stereocenters. The van der Waals surface area contributed by atoms with E-state index in [1.165, 1.54) is 18.3 Å². The van der Waals surface area contributed by atoms with E-state index < -0.39 is 63.1 Å². The Balaban J connectivity index is 1.59. The first-order valence-electron chi connectivity index (χ1n) is 11.2. The lowest BCUT2D eigenvalue weighted by atomic mass is 9.49. The Morgan fingerprint density at radius 2 is 1.86 bits per heavy atom. The Morgan fingerprint density at radius 3 is 2.44 bits per heavy atom. The van der Waals surface area contributed by atoms with Crippen molar-refractivity contribution in [3.8, 4) is 6.07 Å². The summed E-state index contributed by atoms with van der Waals surface area (Å²) < 4.78 is 47.2. The number of nitriles is 1. The number of alkyl halides is 3. The molecule has 0 saturated carbocycles. The predicted molar refractivity (Wildman–Crippen MR) is 117 cm³/mol. The van der Waals surface area contributed by atoms with Gasteiger partial charge in [0.1, 0.15) is 11.3 Å². The van der Waals surface area contributed by atoms with Crippen molar-refractivity contribution in [3.63, 3.8) is 0 Å². The topological polar surface area (TPSA) is 128 Å². The molecular formula is C24H22F3N5O4. The summed E-state index contributed by atoms with van der Waals surface area (Å²) in [5.41, 5.74) is -7.54. The summed E-state index contributed by atoms with van der Waals surface area (Å²) in [6.45, 7) is 6.44. The van der Waals surface area contributed by atoms with Gasteiger partial charge in [0.15, 0.2) is 0 Å². The smallest absolute Gasteiger partial charge is 0.365 e. The van der Waals surface area contributed by atoms with E-state index in [4.69, 9.17) is 10.00 Å². The zero-order valence-electron chi connectivity index (χ0n) is 19.8. The molecule has 4 heterocycles. The highest BCUT2D eigenvalue weighted by Gasteiger charge is 2.87. The molecule has 0 spiro atoms. The van der Waals surface area contributed by atoms with Crippen LogP contribution in [0, 0.1) is 22.2 Å². The number of rotatable bonds is 3. The molecule has 5 atom stereocenters. The molecule has 12 heteroatoms. The minimum atomic E-state index is -4.86. The van der Waals surface area contributed by atoms with E-state index >= 15 is 0 Å². The summed E-state index contributed by atoms with van der Waals surface area (Å²) in [7, 11) is 0. The third kappa shape index (κ3) is 2.58. The maximum atomic E-state index is 14.0. The van der Waals surface area contributed by atoms with Crippen molar-refractivity contribution in [2.24, 2.45) is 10.8 Å². The number of hydrogen-bond acceptors (Lipinski definition) is 6. The summed E-state index contributed by atoms with van der Waals surface area (Å²) >= 11 is 0. The van der Waals surface area contributed by atoms with Crippen LogP contribution in [0.4, 0.5) is 18.9 Å². The lowest BCUT2D eigenvalue weighted by Gasteiger charge is -2.48. The van der Waals surface area contributed by atoms with Gasteiger partial charge >= 0.3 is 6.18 Å². The second kappa shape index (κ2) is 6.94. The van der Waals surface area contributed by atoms with E-state index in [-0.39, 0.29) is 17.8 Å². The van der Waals surface area contributed by atoms with Gasteiger partial charge in [-0.1, -0.05) is 0 Å². The minimum absolute atomic E-state index is 0.132. The van der Waals surface area contributed by atoms with Crippen molar-refractivity contribution >= 4 is 23.4 Å². The largest absolute Gasteiger partial charge is 0.417 e. The van der Waals surface area contributed by atoms with Gasteiger partial charge in [-0.3, -0.25) is 19.5 Å². The summed E-state index contributed by atoms with van der Waals surface area (Å²) in [5.74, 6) is -1.93. The molecule has 3 saturated heterocycles. The molecule has 2 bridgehead atoms. The molecule has 3 amide bonds. The molecule has 0 aliphatic carbocycles. The number of anilines is 1. The Labute approximate surface area is 203 Å². The van der Waals surface area contributed by atoms with E-state index in [9.17, 15) is 27.6 Å². The summed E-state index contributed by atoms with van der Waals surface area (Å²) in [6.07, 6.45) is -3.18. The zero-order valence-corrected chi connectivity index (χ0v) is 19.8. The monoisotopic (exact) mass is 501 g/mol. The summed E-state index contributed by atoms with van der Waals surface area (Å²) in [6, 6.07) is 5.03. The van der Waals surface area contributed by atoms with Crippen LogP contribution in [0.2, 0.25) is 0 Å². The van der Waals surface area contributed by atoms with Gasteiger partial charge in [0.05, 0.1) is 45.4 Å². The number of ether oxygens (including phenoxy) is 1. The van der Waals surface area contributed by atoms with Crippen LogP contribution in [-0.4, -0.2) is 45.2 Å². The van der Waals surface area contributed by atoms with Crippen molar-refractivity contribution in [3.05, 3.63) is 47.3 Å². The zero-order chi connectivity index (χ0) is 26.5. The Morgan fingerprint density at radius 1 is 1.19 bits per heavy atom. The number of aromatic nitrogens is 2. The Bertz CT molecular complexity index is 1370. The SMILES string of the molecule is C[C@]12C(=O)N(c3ccc(C#N)c(C(F)(F)F)c3)C(=O)[C@@]1(C)[C@]1(C)C[C@H](NC(=O)c3cc[nH]n3)[C@@]2(C)O1. The fourth-order valence-electron chi connectivity index (χ4n) is 6.40. The molecule has 1 aromatic carbocycles. The number of amides is 3. The van der Waals surface area contributed by atoms with Gasteiger partial charge < -0.3 is 10.1 Å². The van der Waals surface area contributed by atoms with Crippen LogP contribution in [-0.2, 0) is 20.5 Å². The molecule has 3 fully saturated rings. The highest BCUT2D eigenvalue weighted by molar-refractivity contribution is 6.26. The van der Waals surface area contributed by atoms with Crippen LogP contribution in [0.1, 0.15) is 55.7 Å². The van der Waals surface area contributed by atoms with Crippen LogP contribution in [0.5, 0.6) is 0 Å². The number of nitrogens with zero attached hydrogens (tertiary/aromatic N) is 3. The van der Waals surface area contributed by atoms with Crippen molar-refractivity contribution < 1.29 is 32.3 Å². The van der Waals surface area contributed by atoms with E-state index in [0.29, 0.717) is 6.07 Å². The average molecular weight is 501 g/mol. The van der Waals surface area contributed by atoms with Gasteiger partial charge in [-0.2, -0.15) is 23.5 Å². The standard InChI is InChI=1S/C24H22F3N5O4/c1-20-10-16(30-17(33)15-7-8-29-31-15)23(4,36-20)22(3)19(35)32(18(34)21(20,22)2)13-6-5-12(11-28)14(9-13)24(25,26)27/h5-9,16H,10H2,1-4H3,(H,29,31)(H,30,33)/t16-,20-,21-,22-,23+/m0/s1. The summed E-state index contributed by atoms with van der Waals surface area (Å²) in [4.78, 5) is 41.4. The number of imide groups is 1. The molecule has 3 aliphatic rings. The second-order valence-corrected chi connectivity index (χ2v) is 10.2. The first-order valence-corrected chi connectivity index (χ1v) is 11.2. The van der Waals surface area contributed by atoms with Gasteiger partial charge in [-0.25, -0.2) is 4.90 Å². The number of fused-ring (bicyclic) bond motifs is 5. The molecule has 1 aromatic heterocycles. The number of carbonyl (C=O) groups excluding carboxylic acids is 3. The van der Waals surface area contributed by atoms with Crippen LogP contribution < -0.4 is 10.2 Å². The molecule has 2 N–H and O–H groups in total. The molecule has 2 aromatic rings.